The minimum atomic E-state index is -3.38. The van der Waals surface area contributed by atoms with Crippen LogP contribution in [0.5, 0.6) is 0 Å². The summed E-state index contributed by atoms with van der Waals surface area (Å²) in [5, 5.41) is 34.3. The van der Waals surface area contributed by atoms with Gasteiger partial charge in [0.15, 0.2) is 17.9 Å². The molecule has 0 bridgehead atoms. The van der Waals surface area contributed by atoms with Crippen LogP contribution in [0.4, 0.5) is 25.2 Å². The van der Waals surface area contributed by atoms with Crippen LogP contribution in [0.25, 0.3) is 11.0 Å². The molecule has 42 heavy (non-hydrogen) atoms. The molecule has 3 heterocycles. The number of nitriles is 1. The van der Waals surface area contributed by atoms with Gasteiger partial charge in [0.2, 0.25) is 5.91 Å². The van der Waals surface area contributed by atoms with Gasteiger partial charge >= 0.3 is 12.0 Å². The Labute approximate surface area is 238 Å². The van der Waals surface area contributed by atoms with E-state index in [9.17, 15) is 28.8 Å². The number of hydrogen-bond donors (Lipinski definition) is 3. The van der Waals surface area contributed by atoms with Gasteiger partial charge in [0.1, 0.15) is 23.1 Å². The van der Waals surface area contributed by atoms with E-state index in [1.54, 1.807) is 39.0 Å². The van der Waals surface area contributed by atoms with Gasteiger partial charge in [-0.05, 0) is 56.7 Å². The SMILES string of the molecule is CC(C)(C)OC(=O)Nc1noc2cc(CNC(=O)Cc3c(C#N)ccc(NCC(F)(F)c4ccccn4)[n+]3[O-])ccc12. The van der Waals surface area contributed by atoms with E-state index in [0.29, 0.717) is 16.5 Å². The maximum Gasteiger partial charge on any atom is 0.413 e. The normalized spacial score (nSPS) is 11.5. The topological polar surface area (TPSA) is 169 Å². The Bertz CT molecular complexity index is 1650. The molecule has 2 amide bonds. The highest BCUT2D eigenvalue weighted by atomic mass is 19.3. The van der Waals surface area contributed by atoms with Gasteiger partial charge in [0, 0.05) is 18.8 Å². The largest absolute Gasteiger partial charge is 0.710 e. The van der Waals surface area contributed by atoms with Gasteiger partial charge in [0.25, 0.3) is 5.82 Å². The smallest absolute Gasteiger partial charge is 0.413 e. The van der Waals surface area contributed by atoms with E-state index in [1.807, 2.05) is 6.07 Å². The molecular weight excluding hydrogens is 552 g/mol. The minimum Gasteiger partial charge on any atom is -0.710 e. The molecule has 0 spiro atoms. The molecule has 0 radical (unpaired) electrons. The number of benzene rings is 1. The van der Waals surface area contributed by atoms with Crippen LogP contribution < -0.4 is 20.7 Å². The molecule has 218 valence electrons. The molecule has 4 aromatic rings. The number of amides is 2. The summed E-state index contributed by atoms with van der Waals surface area (Å²) in [6.07, 6.45) is 0.0651. The maximum atomic E-state index is 14.5. The third kappa shape index (κ3) is 7.25. The molecule has 1 aromatic carbocycles. The molecule has 0 unspecified atom stereocenters. The molecule has 3 aromatic heterocycles. The zero-order valence-electron chi connectivity index (χ0n) is 22.9. The van der Waals surface area contributed by atoms with Crippen LogP contribution in [0.2, 0.25) is 0 Å². The number of hydrogen-bond acceptors (Lipinski definition) is 9. The number of ether oxygens (including phenoxy) is 1. The zero-order chi connectivity index (χ0) is 30.5. The molecule has 0 atom stereocenters. The average Bonchev–Trinajstić information content (AvgIpc) is 3.33. The monoisotopic (exact) mass is 579 g/mol. The lowest BCUT2D eigenvalue weighted by Crippen LogP contribution is -2.41. The predicted molar refractivity (Wildman–Crippen MR) is 146 cm³/mol. The Hall–Kier alpha value is -5.32. The lowest BCUT2D eigenvalue weighted by atomic mass is 10.1. The van der Waals surface area contributed by atoms with Gasteiger partial charge in [-0.25, -0.2) is 9.52 Å². The Morgan fingerprint density at radius 2 is 1.95 bits per heavy atom. The number of nitrogens with zero attached hydrogens (tertiary/aromatic N) is 4. The number of aromatic nitrogens is 3. The van der Waals surface area contributed by atoms with Crippen molar-refractivity contribution in [2.75, 3.05) is 17.2 Å². The average molecular weight is 580 g/mol. The standard InChI is InChI=1S/C28H27F2N7O5/c1-27(2,3)41-26(39)35-25-19-9-7-17(12-21(19)42-36-25)15-33-24(38)13-20-18(14-31)8-10-23(37(20)40)34-16-28(29,30)22-6-4-5-11-32-22/h4-12,34H,13,15-16H2,1-3H3,(H,33,38)(H,35,36,39). The van der Waals surface area contributed by atoms with Gasteiger partial charge in [-0.15, -0.1) is 0 Å². The number of halogens is 2. The van der Waals surface area contributed by atoms with Crippen LogP contribution >= 0.6 is 0 Å². The number of fused-ring (bicyclic) bond motifs is 1. The highest BCUT2D eigenvalue weighted by molar-refractivity contribution is 5.96. The number of pyridine rings is 2. The first kappa shape index (κ1) is 29.7. The fourth-order valence-corrected chi connectivity index (χ4v) is 3.85. The molecule has 0 aliphatic heterocycles. The van der Waals surface area contributed by atoms with Gasteiger partial charge in [-0.3, -0.25) is 20.4 Å². The number of anilines is 2. The van der Waals surface area contributed by atoms with E-state index in [4.69, 9.17) is 9.26 Å². The zero-order valence-corrected chi connectivity index (χ0v) is 22.9. The summed E-state index contributed by atoms with van der Waals surface area (Å²) in [6, 6.07) is 13.4. The van der Waals surface area contributed by atoms with Crippen molar-refractivity contribution in [1.29, 1.82) is 5.26 Å². The van der Waals surface area contributed by atoms with Crippen molar-refractivity contribution in [2.24, 2.45) is 0 Å². The van der Waals surface area contributed by atoms with Crippen molar-refractivity contribution < 1.29 is 32.4 Å². The van der Waals surface area contributed by atoms with E-state index in [-0.39, 0.29) is 34.2 Å². The number of nitrogens with one attached hydrogen (secondary N) is 3. The summed E-state index contributed by atoms with van der Waals surface area (Å²) < 4.78 is 39.8. The first-order chi connectivity index (χ1) is 19.9. The molecule has 0 saturated carbocycles. The van der Waals surface area contributed by atoms with E-state index in [2.05, 4.69) is 26.1 Å². The lowest BCUT2D eigenvalue weighted by Gasteiger charge is -2.19. The highest BCUT2D eigenvalue weighted by Crippen LogP contribution is 2.27. The summed E-state index contributed by atoms with van der Waals surface area (Å²) in [4.78, 5) is 28.4. The highest BCUT2D eigenvalue weighted by Gasteiger charge is 2.35. The molecule has 4 rings (SSSR count). The summed E-state index contributed by atoms with van der Waals surface area (Å²) in [6.45, 7) is 4.30. The minimum absolute atomic E-state index is 0.0410. The molecule has 0 fully saturated rings. The second-order valence-electron chi connectivity index (χ2n) is 10.2. The number of rotatable bonds is 9. The van der Waals surface area contributed by atoms with E-state index < -0.39 is 42.2 Å². The first-order valence-electron chi connectivity index (χ1n) is 12.7. The summed E-state index contributed by atoms with van der Waals surface area (Å²) in [7, 11) is 0. The van der Waals surface area contributed by atoms with Gasteiger partial charge in [-0.2, -0.15) is 14.0 Å². The van der Waals surface area contributed by atoms with Gasteiger partial charge in [0.05, 0.1) is 17.4 Å². The molecule has 3 N–H and O–H groups in total. The number of carbonyl (C=O) groups excluding carboxylic acids is 2. The van der Waals surface area contributed by atoms with Crippen molar-refractivity contribution in [1.82, 2.24) is 15.5 Å². The van der Waals surface area contributed by atoms with Crippen molar-refractivity contribution >= 4 is 34.6 Å². The lowest BCUT2D eigenvalue weighted by molar-refractivity contribution is -0.598. The molecular formula is C28H27F2N7O5. The van der Waals surface area contributed by atoms with Crippen molar-refractivity contribution in [2.45, 2.75) is 45.3 Å². The molecule has 0 aliphatic carbocycles. The third-order valence-corrected chi connectivity index (χ3v) is 5.81. The van der Waals surface area contributed by atoms with Gasteiger partial charge in [-0.1, -0.05) is 17.3 Å². The summed E-state index contributed by atoms with van der Waals surface area (Å²) in [5.74, 6) is -4.04. The Morgan fingerprint density at radius 1 is 1.17 bits per heavy atom. The Morgan fingerprint density at radius 3 is 2.64 bits per heavy atom. The molecule has 14 heteroatoms. The Balaban J connectivity index is 1.40. The first-order valence-corrected chi connectivity index (χ1v) is 12.7. The maximum absolute atomic E-state index is 14.5. The van der Waals surface area contributed by atoms with Crippen LogP contribution in [0, 0.1) is 16.5 Å². The van der Waals surface area contributed by atoms with Crippen molar-refractivity contribution in [3.63, 3.8) is 0 Å². The van der Waals surface area contributed by atoms with Crippen LogP contribution in [0.15, 0.2) is 59.3 Å². The van der Waals surface area contributed by atoms with Crippen LogP contribution in [0.3, 0.4) is 0 Å². The van der Waals surface area contributed by atoms with E-state index >= 15 is 0 Å². The van der Waals surface area contributed by atoms with Crippen LogP contribution in [0.1, 0.15) is 43.3 Å². The third-order valence-electron chi connectivity index (χ3n) is 5.81. The number of carbonyl (C=O) groups is 2. The molecule has 0 aliphatic rings. The quantitative estimate of drug-likeness (QED) is 0.195. The van der Waals surface area contributed by atoms with Crippen LogP contribution in [-0.4, -0.2) is 34.3 Å². The number of alkyl halides is 2. The second kappa shape index (κ2) is 12.0. The van der Waals surface area contributed by atoms with E-state index in [0.717, 1.165) is 0 Å². The van der Waals surface area contributed by atoms with Crippen molar-refractivity contribution in [3.05, 3.63) is 82.4 Å². The summed E-state index contributed by atoms with van der Waals surface area (Å²) >= 11 is 0. The van der Waals surface area contributed by atoms with Gasteiger partial charge < -0.3 is 19.8 Å². The molecule has 12 nitrogen and oxygen atoms in total. The van der Waals surface area contributed by atoms with Crippen LogP contribution in [-0.2, 0) is 28.4 Å². The fourth-order valence-electron chi connectivity index (χ4n) is 3.85. The van der Waals surface area contributed by atoms with E-state index in [1.165, 1.54) is 36.5 Å². The fraction of sp³-hybridized carbons (Fsp3) is 0.286. The van der Waals surface area contributed by atoms with Crippen molar-refractivity contribution in [3.8, 4) is 6.07 Å². The Kier molecular flexibility index (Phi) is 8.51. The second-order valence-corrected chi connectivity index (χ2v) is 10.2. The summed E-state index contributed by atoms with van der Waals surface area (Å²) in [5.41, 5.74) is -0.472. The molecule has 0 saturated heterocycles. The predicted octanol–water partition coefficient (Wildman–Crippen LogP) is 4.14.